The van der Waals surface area contributed by atoms with Gasteiger partial charge >= 0.3 is 0 Å². The number of ketones is 2. The van der Waals surface area contributed by atoms with Crippen LogP contribution in [0.2, 0.25) is 0 Å². The molecule has 2 amide bonds. The topological polar surface area (TPSA) is 101 Å². The molecule has 164 valence electrons. The molecule has 4 unspecified atom stereocenters. The summed E-state index contributed by atoms with van der Waals surface area (Å²) in [6.07, 6.45) is 3.90. The van der Waals surface area contributed by atoms with Crippen molar-refractivity contribution in [2.24, 2.45) is 17.8 Å². The fourth-order valence-corrected chi connectivity index (χ4v) is 5.79. The number of nitrogens with zero attached hydrogens (tertiary/aromatic N) is 1. The third-order valence-electron chi connectivity index (χ3n) is 7.33. The predicted molar refractivity (Wildman–Crippen MR) is 114 cm³/mol. The molecule has 1 aliphatic heterocycles. The summed E-state index contributed by atoms with van der Waals surface area (Å²) in [7, 11) is 2.98. The van der Waals surface area contributed by atoms with E-state index < -0.39 is 17.8 Å². The molecule has 7 heteroatoms. The van der Waals surface area contributed by atoms with Crippen molar-refractivity contribution < 1.29 is 29.0 Å². The molecule has 32 heavy (non-hydrogen) atoms. The molecular formula is C25H23NO6. The average Bonchev–Trinajstić information content (AvgIpc) is 3.00. The number of rotatable bonds is 2. The normalized spacial score (nSPS) is 29.4. The largest absolute Gasteiger partial charge is 0.507 e. The van der Waals surface area contributed by atoms with Crippen molar-refractivity contribution in [3.63, 3.8) is 0 Å². The lowest BCUT2D eigenvalue weighted by molar-refractivity contribution is -0.138. The number of aromatic hydroxyl groups is 1. The van der Waals surface area contributed by atoms with Gasteiger partial charge in [-0.1, -0.05) is 17.7 Å². The van der Waals surface area contributed by atoms with Crippen molar-refractivity contribution in [3.05, 3.63) is 58.2 Å². The Kier molecular flexibility index (Phi) is 4.48. The standard InChI is InChI=1S/C25H23NO6/c1-11-8-19(28)22-17(23(11)29)10-16-13(6-7-15-21(16)25(31)26(2)24(15)30)20(22)14-5-4-12(32-3)9-18(14)27/h4-6,8-9,15-16,20-21,27H,7,10H2,1-3H3. The fraction of sp³-hybridized carbons (Fsp3) is 0.360. The lowest BCUT2D eigenvalue weighted by Crippen LogP contribution is -2.39. The third kappa shape index (κ3) is 2.66. The number of benzene rings is 1. The SMILES string of the molecule is COc1ccc(C2C3=CCC4C(=O)N(C)C(=O)C4C3CC3=C2C(=O)C=C(C)C3=O)c(O)c1. The number of phenolic OH excluding ortho intramolecular Hbond substituents is 1. The molecule has 0 aromatic heterocycles. The highest BCUT2D eigenvalue weighted by molar-refractivity contribution is 6.23. The van der Waals surface area contributed by atoms with Crippen molar-refractivity contribution in [1.82, 2.24) is 4.90 Å². The van der Waals surface area contributed by atoms with Crippen molar-refractivity contribution in [2.75, 3.05) is 14.2 Å². The van der Waals surface area contributed by atoms with E-state index in [0.717, 1.165) is 5.57 Å². The van der Waals surface area contributed by atoms with Gasteiger partial charge in [-0.2, -0.15) is 0 Å². The van der Waals surface area contributed by atoms with E-state index in [9.17, 15) is 24.3 Å². The van der Waals surface area contributed by atoms with Gasteiger partial charge in [0.2, 0.25) is 11.8 Å². The monoisotopic (exact) mass is 433 g/mol. The van der Waals surface area contributed by atoms with Crippen LogP contribution in [0.4, 0.5) is 0 Å². The van der Waals surface area contributed by atoms with Gasteiger partial charge in [0.15, 0.2) is 11.6 Å². The average molecular weight is 433 g/mol. The van der Waals surface area contributed by atoms with Crippen LogP contribution in [0, 0.1) is 17.8 Å². The summed E-state index contributed by atoms with van der Waals surface area (Å²) < 4.78 is 5.19. The molecule has 3 aliphatic carbocycles. The summed E-state index contributed by atoms with van der Waals surface area (Å²) in [5, 5.41) is 10.8. The molecule has 1 saturated heterocycles. The van der Waals surface area contributed by atoms with Crippen LogP contribution in [0.5, 0.6) is 11.5 Å². The molecule has 4 aliphatic rings. The number of phenols is 1. The Labute approximate surface area is 185 Å². The molecule has 7 nitrogen and oxygen atoms in total. The number of carbonyl (C=O) groups excluding carboxylic acids is 4. The maximum absolute atomic E-state index is 13.1. The molecule has 5 rings (SSSR count). The fourth-order valence-electron chi connectivity index (χ4n) is 5.79. The van der Waals surface area contributed by atoms with Gasteiger partial charge in [0.25, 0.3) is 0 Å². The summed E-state index contributed by atoms with van der Waals surface area (Å²) >= 11 is 0. The van der Waals surface area contributed by atoms with Crippen LogP contribution in [-0.4, -0.2) is 47.5 Å². The molecule has 1 aromatic carbocycles. The minimum Gasteiger partial charge on any atom is -0.507 e. The van der Waals surface area contributed by atoms with Gasteiger partial charge in [-0.05, 0) is 37.8 Å². The number of ether oxygens (including phenoxy) is 1. The first-order valence-corrected chi connectivity index (χ1v) is 10.6. The van der Waals surface area contributed by atoms with Crippen LogP contribution in [0.15, 0.2) is 52.6 Å². The molecule has 1 N–H and O–H groups in total. The number of amides is 2. The Bertz CT molecular complexity index is 1200. The van der Waals surface area contributed by atoms with E-state index in [4.69, 9.17) is 4.74 Å². The number of fused-ring (bicyclic) bond motifs is 3. The molecule has 1 aromatic rings. The highest BCUT2D eigenvalue weighted by atomic mass is 16.5. The Morgan fingerprint density at radius 1 is 1.09 bits per heavy atom. The molecule has 0 saturated carbocycles. The lowest BCUT2D eigenvalue weighted by atomic mass is 9.59. The van der Waals surface area contributed by atoms with Crippen LogP contribution in [0.3, 0.4) is 0 Å². The molecule has 0 bridgehead atoms. The molecule has 1 heterocycles. The first-order valence-electron chi connectivity index (χ1n) is 10.6. The van der Waals surface area contributed by atoms with E-state index >= 15 is 0 Å². The van der Waals surface area contributed by atoms with E-state index in [2.05, 4.69) is 0 Å². The van der Waals surface area contributed by atoms with E-state index in [1.165, 1.54) is 31.2 Å². The second-order valence-electron chi connectivity index (χ2n) is 8.89. The zero-order chi connectivity index (χ0) is 22.9. The van der Waals surface area contributed by atoms with Crippen LogP contribution >= 0.6 is 0 Å². The summed E-state index contributed by atoms with van der Waals surface area (Å²) in [6.45, 7) is 1.61. The summed E-state index contributed by atoms with van der Waals surface area (Å²) in [6, 6.07) is 4.86. The quantitative estimate of drug-likeness (QED) is 0.437. The second kappa shape index (κ2) is 7.02. The van der Waals surface area contributed by atoms with Crippen molar-refractivity contribution in [2.45, 2.75) is 25.7 Å². The Hall–Kier alpha value is -3.48. The zero-order valence-corrected chi connectivity index (χ0v) is 18.0. The maximum Gasteiger partial charge on any atom is 0.233 e. The third-order valence-corrected chi connectivity index (χ3v) is 7.33. The van der Waals surface area contributed by atoms with Gasteiger partial charge in [0.05, 0.1) is 18.9 Å². The summed E-state index contributed by atoms with van der Waals surface area (Å²) in [5.41, 5.74) is 2.39. The number of allylic oxidation sites excluding steroid dienone is 6. The number of hydrogen-bond donors (Lipinski definition) is 1. The second-order valence-corrected chi connectivity index (χ2v) is 8.89. The van der Waals surface area contributed by atoms with Crippen LogP contribution in [0.25, 0.3) is 0 Å². The predicted octanol–water partition coefficient (Wildman–Crippen LogP) is 2.46. The van der Waals surface area contributed by atoms with Gasteiger partial charge in [0.1, 0.15) is 11.5 Å². The first-order chi connectivity index (χ1) is 15.2. The highest BCUT2D eigenvalue weighted by Crippen LogP contribution is 2.56. The van der Waals surface area contributed by atoms with Crippen molar-refractivity contribution >= 4 is 23.4 Å². The zero-order valence-electron chi connectivity index (χ0n) is 18.0. The van der Waals surface area contributed by atoms with Crippen LogP contribution in [0.1, 0.15) is 31.2 Å². The number of carbonyl (C=O) groups is 4. The number of methoxy groups -OCH3 is 1. The van der Waals surface area contributed by atoms with Crippen molar-refractivity contribution in [1.29, 1.82) is 0 Å². The number of hydrogen-bond acceptors (Lipinski definition) is 6. The number of likely N-dealkylation sites (tertiary alicyclic amines) is 1. The molecular weight excluding hydrogens is 410 g/mol. The first kappa shape index (κ1) is 20.4. The number of Topliss-reactive ketones (excluding diaryl/α,β-unsaturated/α-hetero) is 1. The Balaban J connectivity index is 1.72. The maximum atomic E-state index is 13.1. The van der Waals surface area contributed by atoms with Gasteiger partial charge in [-0.3, -0.25) is 24.1 Å². The lowest BCUT2D eigenvalue weighted by Gasteiger charge is -2.42. The van der Waals surface area contributed by atoms with Crippen molar-refractivity contribution in [3.8, 4) is 11.5 Å². The summed E-state index contributed by atoms with van der Waals surface area (Å²) in [4.78, 5) is 53.0. The van der Waals surface area contributed by atoms with Gasteiger partial charge < -0.3 is 9.84 Å². The van der Waals surface area contributed by atoms with Crippen LogP contribution in [-0.2, 0) is 19.2 Å². The Morgan fingerprint density at radius 2 is 1.84 bits per heavy atom. The Morgan fingerprint density at radius 3 is 2.53 bits per heavy atom. The van der Waals surface area contributed by atoms with E-state index in [0.29, 0.717) is 34.5 Å². The van der Waals surface area contributed by atoms with E-state index in [1.54, 1.807) is 19.1 Å². The van der Waals surface area contributed by atoms with Gasteiger partial charge in [0, 0.05) is 41.3 Å². The molecule has 0 radical (unpaired) electrons. The minimum atomic E-state index is -0.662. The van der Waals surface area contributed by atoms with Crippen LogP contribution < -0.4 is 4.74 Å². The summed E-state index contributed by atoms with van der Waals surface area (Å²) in [5.74, 6) is -2.60. The minimum absolute atomic E-state index is 0.0534. The highest BCUT2D eigenvalue weighted by Gasteiger charge is 2.55. The molecule has 0 spiro atoms. The number of imide groups is 1. The van der Waals surface area contributed by atoms with E-state index in [1.807, 2.05) is 6.08 Å². The van der Waals surface area contributed by atoms with E-state index in [-0.39, 0.29) is 41.5 Å². The smallest absolute Gasteiger partial charge is 0.233 e. The molecule has 1 fully saturated rings. The molecule has 4 atom stereocenters. The van der Waals surface area contributed by atoms with Gasteiger partial charge in [-0.25, -0.2) is 0 Å². The van der Waals surface area contributed by atoms with Gasteiger partial charge in [-0.15, -0.1) is 0 Å².